The van der Waals surface area contributed by atoms with Crippen molar-refractivity contribution >= 4 is 27.3 Å². The van der Waals surface area contributed by atoms with Crippen molar-refractivity contribution in [3.05, 3.63) is 23.0 Å². The summed E-state index contributed by atoms with van der Waals surface area (Å²) in [4.78, 5) is -0.213. The fraction of sp³-hybridized carbons (Fsp3) is 0.538. The predicted molar refractivity (Wildman–Crippen MR) is 79.1 cm³/mol. The number of nitrogens with two attached hydrogens (primary N) is 1. The summed E-state index contributed by atoms with van der Waals surface area (Å²) in [5, 5.41) is -0.191. The van der Waals surface area contributed by atoms with Gasteiger partial charge in [0.25, 0.3) is 0 Å². The zero-order chi connectivity index (χ0) is 15.6. The highest BCUT2D eigenvalue weighted by Crippen LogP contribution is 2.27. The van der Waals surface area contributed by atoms with Crippen molar-refractivity contribution in [2.24, 2.45) is 5.92 Å². The molecule has 5 nitrogen and oxygen atoms in total. The number of hydrogen-bond acceptors (Lipinski definition) is 4. The van der Waals surface area contributed by atoms with Crippen LogP contribution in [0.5, 0.6) is 0 Å². The molecule has 1 aliphatic rings. The lowest BCUT2D eigenvalue weighted by Gasteiger charge is -2.17. The van der Waals surface area contributed by atoms with E-state index in [4.69, 9.17) is 22.1 Å². The minimum atomic E-state index is -3.83. The molecule has 0 bridgehead atoms. The summed E-state index contributed by atoms with van der Waals surface area (Å²) >= 11 is 5.80. The molecule has 1 heterocycles. The van der Waals surface area contributed by atoms with Crippen LogP contribution in [-0.2, 0) is 14.8 Å². The van der Waals surface area contributed by atoms with Crippen LogP contribution in [0.15, 0.2) is 17.0 Å². The van der Waals surface area contributed by atoms with Gasteiger partial charge in [0.15, 0.2) is 0 Å². The first-order chi connectivity index (χ1) is 9.85. The molecule has 0 radical (unpaired) electrons. The number of halogens is 2. The predicted octanol–water partition coefficient (Wildman–Crippen LogP) is 2.15. The first kappa shape index (κ1) is 16.5. The van der Waals surface area contributed by atoms with Crippen LogP contribution in [0.2, 0.25) is 5.02 Å². The van der Waals surface area contributed by atoms with Gasteiger partial charge < -0.3 is 10.5 Å². The lowest BCUT2D eigenvalue weighted by atomic mass is 10.0. The average molecular weight is 337 g/mol. The Labute approximate surface area is 128 Å². The van der Waals surface area contributed by atoms with E-state index in [-0.39, 0.29) is 34.2 Å². The van der Waals surface area contributed by atoms with Crippen molar-refractivity contribution in [2.75, 3.05) is 18.9 Å². The van der Waals surface area contributed by atoms with Gasteiger partial charge in [0.1, 0.15) is 10.7 Å². The zero-order valence-electron chi connectivity index (χ0n) is 11.6. The number of anilines is 1. The Kier molecular flexibility index (Phi) is 5.08. The highest BCUT2D eigenvalue weighted by Gasteiger charge is 2.29. The second-order valence-electron chi connectivity index (χ2n) is 5.02. The molecule has 2 rings (SSSR count). The third kappa shape index (κ3) is 3.66. The average Bonchev–Trinajstić information content (AvgIpc) is 2.88. The summed E-state index contributed by atoms with van der Waals surface area (Å²) in [5.41, 5.74) is 5.15. The SMILES string of the molecule is CCC1OCCC1CNS(=O)(=O)c1cc(N)c(F)cc1Cl. The van der Waals surface area contributed by atoms with E-state index in [2.05, 4.69) is 4.72 Å². The van der Waals surface area contributed by atoms with Gasteiger partial charge in [-0.2, -0.15) is 0 Å². The summed E-state index contributed by atoms with van der Waals surface area (Å²) in [7, 11) is -3.83. The van der Waals surface area contributed by atoms with Crippen molar-refractivity contribution in [1.29, 1.82) is 0 Å². The van der Waals surface area contributed by atoms with Gasteiger partial charge in [-0.1, -0.05) is 18.5 Å². The Bertz CT molecular complexity index is 624. The molecule has 1 aromatic rings. The highest BCUT2D eigenvalue weighted by atomic mass is 35.5. The summed E-state index contributed by atoms with van der Waals surface area (Å²) < 4.78 is 45.8. The van der Waals surface area contributed by atoms with Gasteiger partial charge in [0.05, 0.1) is 16.8 Å². The minimum absolute atomic E-state index is 0.0569. The van der Waals surface area contributed by atoms with Gasteiger partial charge in [-0.3, -0.25) is 0 Å². The molecule has 0 aliphatic carbocycles. The number of ether oxygens (including phenoxy) is 1. The summed E-state index contributed by atoms with van der Waals surface area (Å²) in [5.74, 6) is -0.615. The van der Waals surface area contributed by atoms with Crippen LogP contribution < -0.4 is 10.5 Å². The molecular weight excluding hydrogens is 319 g/mol. The van der Waals surface area contributed by atoms with E-state index in [1.54, 1.807) is 0 Å². The smallest absolute Gasteiger partial charge is 0.242 e. The molecule has 8 heteroatoms. The van der Waals surface area contributed by atoms with Crippen LogP contribution in [0, 0.1) is 11.7 Å². The summed E-state index contributed by atoms with van der Waals surface area (Å²) in [6.07, 6.45) is 1.69. The molecule has 1 fully saturated rings. The zero-order valence-corrected chi connectivity index (χ0v) is 13.2. The van der Waals surface area contributed by atoms with Crippen molar-refractivity contribution in [2.45, 2.75) is 30.8 Å². The molecule has 0 amide bonds. The highest BCUT2D eigenvalue weighted by molar-refractivity contribution is 7.89. The molecule has 0 saturated carbocycles. The Morgan fingerprint density at radius 1 is 1.52 bits per heavy atom. The second-order valence-corrected chi connectivity index (χ2v) is 7.16. The molecule has 3 N–H and O–H groups in total. The molecule has 118 valence electrons. The standard InChI is InChI=1S/C13H18ClFN2O3S/c1-2-12-8(3-4-20-12)7-17-21(18,19)13-6-11(16)10(15)5-9(13)14/h5-6,8,12,17H,2-4,7,16H2,1H3. The van der Waals surface area contributed by atoms with E-state index in [9.17, 15) is 12.8 Å². The van der Waals surface area contributed by atoms with Crippen molar-refractivity contribution in [3.63, 3.8) is 0 Å². The van der Waals surface area contributed by atoms with Crippen LogP contribution in [0.4, 0.5) is 10.1 Å². The van der Waals surface area contributed by atoms with Crippen LogP contribution >= 0.6 is 11.6 Å². The maximum absolute atomic E-state index is 13.2. The molecule has 1 saturated heterocycles. The van der Waals surface area contributed by atoms with E-state index in [0.717, 1.165) is 25.0 Å². The van der Waals surface area contributed by atoms with Crippen LogP contribution in [-0.4, -0.2) is 27.7 Å². The molecule has 21 heavy (non-hydrogen) atoms. The lowest BCUT2D eigenvalue weighted by molar-refractivity contribution is 0.0884. The third-order valence-corrected chi connectivity index (χ3v) is 5.51. The quantitative estimate of drug-likeness (QED) is 0.807. The molecule has 1 aromatic carbocycles. The Hall–Kier alpha value is -0.890. The number of hydrogen-bond donors (Lipinski definition) is 2. The van der Waals surface area contributed by atoms with E-state index in [1.165, 1.54) is 0 Å². The third-order valence-electron chi connectivity index (χ3n) is 3.62. The Morgan fingerprint density at radius 3 is 2.90 bits per heavy atom. The van der Waals surface area contributed by atoms with Crippen molar-refractivity contribution < 1.29 is 17.5 Å². The van der Waals surface area contributed by atoms with Gasteiger partial charge in [-0.05, 0) is 25.0 Å². The number of nitrogen functional groups attached to an aromatic ring is 1. The van der Waals surface area contributed by atoms with Gasteiger partial charge in [0.2, 0.25) is 10.0 Å². The van der Waals surface area contributed by atoms with Gasteiger partial charge >= 0.3 is 0 Å². The molecule has 0 aromatic heterocycles. The fourth-order valence-corrected chi connectivity index (χ4v) is 4.06. The molecule has 2 unspecified atom stereocenters. The van der Waals surface area contributed by atoms with E-state index >= 15 is 0 Å². The van der Waals surface area contributed by atoms with Crippen molar-refractivity contribution in [3.8, 4) is 0 Å². The largest absolute Gasteiger partial charge is 0.396 e. The molecular formula is C13H18ClFN2O3S. The van der Waals surface area contributed by atoms with E-state index in [0.29, 0.717) is 6.61 Å². The molecule has 1 aliphatic heterocycles. The first-order valence-electron chi connectivity index (χ1n) is 6.71. The van der Waals surface area contributed by atoms with E-state index < -0.39 is 15.8 Å². The number of sulfonamides is 1. The maximum atomic E-state index is 13.2. The lowest BCUT2D eigenvalue weighted by Crippen LogP contribution is -2.33. The topological polar surface area (TPSA) is 81.4 Å². The van der Waals surface area contributed by atoms with Crippen molar-refractivity contribution in [1.82, 2.24) is 4.72 Å². The fourth-order valence-electron chi connectivity index (χ4n) is 2.42. The molecule has 0 spiro atoms. The summed E-state index contributed by atoms with van der Waals surface area (Å²) in [6.45, 7) is 2.89. The second kappa shape index (κ2) is 6.48. The van der Waals surface area contributed by atoms with Gasteiger partial charge in [0, 0.05) is 19.1 Å². The number of rotatable bonds is 5. The minimum Gasteiger partial charge on any atom is -0.396 e. The van der Waals surface area contributed by atoms with Gasteiger partial charge in [-0.25, -0.2) is 17.5 Å². The van der Waals surface area contributed by atoms with Crippen LogP contribution in [0.3, 0.4) is 0 Å². The van der Waals surface area contributed by atoms with Crippen LogP contribution in [0.1, 0.15) is 19.8 Å². The Morgan fingerprint density at radius 2 is 2.24 bits per heavy atom. The summed E-state index contributed by atoms with van der Waals surface area (Å²) in [6, 6.07) is 1.93. The Balaban J connectivity index is 2.14. The number of benzene rings is 1. The monoisotopic (exact) mass is 336 g/mol. The van der Waals surface area contributed by atoms with E-state index in [1.807, 2.05) is 6.92 Å². The normalized spacial score (nSPS) is 22.6. The maximum Gasteiger partial charge on any atom is 0.242 e. The van der Waals surface area contributed by atoms with Gasteiger partial charge in [-0.15, -0.1) is 0 Å². The first-order valence-corrected chi connectivity index (χ1v) is 8.57. The van der Waals surface area contributed by atoms with Crippen LogP contribution in [0.25, 0.3) is 0 Å². The number of nitrogens with one attached hydrogen (secondary N) is 1. The molecule has 2 atom stereocenters.